The topological polar surface area (TPSA) is 55.8 Å². The van der Waals surface area contributed by atoms with Gasteiger partial charge in [-0.2, -0.15) is 0 Å². The van der Waals surface area contributed by atoms with Crippen molar-refractivity contribution in [3.8, 4) is 0 Å². The first-order chi connectivity index (χ1) is 15.2. The zero-order valence-electron chi connectivity index (χ0n) is 16.8. The van der Waals surface area contributed by atoms with E-state index in [1.807, 2.05) is 84.9 Å². The molecular formula is C26H21NO4. The fourth-order valence-corrected chi connectivity index (χ4v) is 5.24. The molecule has 0 aliphatic carbocycles. The van der Waals surface area contributed by atoms with Crippen LogP contribution in [-0.2, 0) is 25.7 Å². The molecular weight excluding hydrogens is 390 g/mol. The highest BCUT2D eigenvalue weighted by Crippen LogP contribution is 2.53. The average Bonchev–Trinajstić information content (AvgIpc) is 3.46. The van der Waals surface area contributed by atoms with Gasteiger partial charge in [0.25, 0.3) is 0 Å². The van der Waals surface area contributed by atoms with E-state index in [9.17, 15) is 9.59 Å². The van der Waals surface area contributed by atoms with E-state index in [4.69, 9.17) is 9.47 Å². The number of hydrogen-bond acceptors (Lipinski definition) is 4. The lowest BCUT2D eigenvalue weighted by Gasteiger charge is -2.23. The van der Waals surface area contributed by atoms with Crippen molar-refractivity contribution in [2.45, 2.75) is 18.3 Å². The number of rotatable bonds is 4. The van der Waals surface area contributed by atoms with E-state index in [0.29, 0.717) is 6.54 Å². The first kappa shape index (κ1) is 18.3. The summed E-state index contributed by atoms with van der Waals surface area (Å²) >= 11 is 0. The predicted molar refractivity (Wildman–Crippen MR) is 116 cm³/mol. The molecule has 2 saturated heterocycles. The van der Waals surface area contributed by atoms with Gasteiger partial charge in [-0.25, -0.2) is 0 Å². The van der Waals surface area contributed by atoms with Crippen LogP contribution in [0.4, 0.5) is 5.69 Å². The molecule has 154 valence electrons. The van der Waals surface area contributed by atoms with E-state index in [-0.39, 0.29) is 18.5 Å². The first-order valence-corrected chi connectivity index (χ1v) is 10.5. The summed E-state index contributed by atoms with van der Waals surface area (Å²) in [5, 5.41) is 2.08. The quantitative estimate of drug-likeness (QED) is 0.483. The van der Waals surface area contributed by atoms with E-state index < -0.39 is 23.5 Å². The van der Waals surface area contributed by atoms with Gasteiger partial charge in [-0.3, -0.25) is 9.59 Å². The maximum atomic E-state index is 13.6. The standard InChI is InChI=1S/C26H21NO4/c28-24-23-22(25(29)30-15-17-7-2-1-3-8-17)21-13-14-26(23,31-21)16-27(24)20-12-6-10-18-9-4-5-11-19(18)20/h1-14,21-23H,15-16H2/t21-,22-,23-,26+/m1/s1. The fraction of sp³-hybridized carbons (Fsp3) is 0.231. The molecule has 5 heteroatoms. The first-order valence-electron chi connectivity index (χ1n) is 10.5. The van der Waals surface area contributed by atoms with E-state index in [1.54, 1.807) is 4.90 Å². The number of carbonyl (C=O) groups is 2. The second-order valence-electron chi connectivity index (χ2n) is 8.42. The Morgan fingerprint density at radius 3 is 2.68 bits per heavy atom. The Kier molecular flexibility index (Phi) is 4.02. The van der Waals surface area contributed by atoms with Crippen molar-refractivity contribution in [1.29, 1.82) is 0 Å². The number of hydrogen-bond donors (Lipinski definition) is 0. The second kappa shape index (κ2) is 6.79. The molecule has 0 N–H and O–H groups in total. The zero-order chi connectivity index (χ0) is 21.0. The van der Waals surface area contributed by atoms with Crippen molar-refractivity contribution in [1.82, 2.24) is 0 Å². The minimum absolute atomic E-state index is 0.0788. The number of fused-ring (bicyclic) bond motifs is 2. The van der Waals surface area contributed by atoms with Crippen LogP contribution in [0.2, 0.25) is 0 Å². The van der Waals surface area contributed by atoms with Crippen LogP contribution in [0.3, 0.4) is 0 Å². The maximum absolute atomic E-state index is 13.6. The highest BCUT2D eigenvalue weighted by molar-refractivity contribution is 6.08. The molecule has 3 aromatic rings. The van der Waals surface area contributed by atoms with E-state index in [2.05, 4.69) is 0 Å². The monoisotopic (exact) mass is 411 g/mol. The van der Waals surface area contributed by atoms with E-state index in [0.717, 1.165) is 22.0 Å². The summed E-state index contributed by atoms with van der Waals surface area (Å²) in [6.45, 7) is 0.591. The largest absolute Gasteiger partial charge is 0.460 e. The smallest absolute Gasteiger partial charge is 0.313 e. The molecule has 2 bridgehead atoms. The van der Waals surface area contributed by atoms with Crippen molar-refractivity contribution in [3.05, 3.63) is 90.5 Å². The van der Waals surface area contributed by atoms with Crippen molar-refractivity contribution in [3.63, 3.8) is 0 Å². The maximum Gasteiger partial charge on any atom is 0.313 e. The predicted octanol–water partition coefficient (Wildman–Crippen LogP) is 3.87. The van der Waals surface area contributed by atoms with Gasteiger partial charge < -0.3 is 14.4 Å². The van der Waals surface area contributed by atoms with Gasteiger partial charge in [0.05, 0.1) is 24.3 Å². The Balaban J connectivity index is 1.30. The van der Waals surface area contributed by atoms with Crippen LogP contribution in [0.5, 0.6) is 0 Å². The fourth-order valence-electron chi connectivity index (χ4n) is 5.24. The Hall–Kier alpha value is -3.44. The number of amides is 1. The Bertz CT molecular complexity index is 1220. The minimum atomic E-state index is -0.769. The Morgan fingerprint density at radius 2 is 1.81 bits per heavy atom. The summed E-state index contributed by atoms with van der Waals surface area (Å²) in [6, 6.07) is 23.5. The van der Waals surface area contributed by atoms with Crippen molar-refractivity contribution >= 4 is 28.3 Å². The molecule has 1 spiro atoms. The number of nitrogens with zero attached hydrogens (tertiary/aromatic N) is 1. The molecule has 0 unspecified atom stereocenters. The number of anilines is 1. The second-order valence-corrected chi connectivity index (χ2v) is 8.42. The van der Waals surface area contributed by atoms with Crippen LogP contribution in [0.15, 0.2) is 84.9 Å². The molecule has 0 radical (unpaired) electrons. The number of benzene rings is 3. The molecule has 6 rings (SSSR count). The van der Waals surface area contributed by atoms with Crippen LogP contribution < -0.4 is 4.90 Å². The van der Waals surface area contributed by atoms with Gasteiger partial charge in [-0.05, 0) is 17.0 Å². The van der Waals surface area contributed by atoms with Gasteiger partial charge in [0.1, 0.15) is 18.1 Å². The normalized spacial score (nSPS) is 28.3. The molecule has 0 saturated carbocycles. The third-order valence-corrected chi connectivity index (χ3v) is 6.65. The summed E-state index contributed by atoms with van der Waals surface area (Å²) in [4.78, 5) is 28.4. The molecule has 3 aliphatic heterocycles. The highest BCUT2D eigenvalue weighted by Gasteiger charge is 2.67. The van der Waals surface area contributed by atoms with Crippen LogP contribution in [0.1, 0.15) is 5.56 Å². The summed E-state index contributed by atoms with van der Waals surface area (Å²) in [5.74, 6) is -1.64. The molecule has 1 amide bonds. The molecule has 31 heavy (non-hydrogen) atoms. The summed E-state index contributed by atoms with van der Waals surface area (Å²) in [6.07, 6.45) is 3.46. The van der Waals surface area contributed by atoms with E-state index in [1.165, 1.54) is 0 Å². The van der Waals surface area contributed by atoms with Crippen molar-refractivity contribution in [2.75, 3.05) is 11.4 Å². The SMILES string of the molecule is O=C(OCc1ccccc1)[C@@H]1[C@H]2C=C[C@@]3(CN(c4cccc5ccccc45)C(=O)[C@@H]13)O2. The van der Waals surface area contributed by atoms with E-state index >= 15 is 0 Å². The van der Waals surface area contributed by atoms with Gasteiger partial charge in [-0.1, -0.05) is 78.9 Å². The number of carbonyl (C=O) groups excluding carboxylic acids is 2. The van der Waals surface area contributed by atoms with Gasteiger partial charge >= 0.3 is 5.97 Å². The minimum Gasteiger partial charge on any atom is -0.460 e. The summed E-state index contributed by atoms with van der Waals surface area (Å²) in [5.41, 5.74) is 0.999. The lowest BCUT2D eigenvalue weighted by atomic mass is 9.77. The lowest BCUT2D eigenvalue weighted by Crippen LogP contribution is -2.40. The average molecular weight is 411 g/mol. The summed E-state index contributed by atoms with van der Waals surface area (Å²) in [7, 11) is 0. The van der Waals surface area contributed by atoms with Gasteiger partial charge in [0.15, 0.2) is 0 Å². The molecule has 5 nitrogen and oxygen atoms in total. The molecule has 2 fully saturated rings. The third kappa shape index (κ3) is 2.73. The molecule has 3 aliphatic rings. The van der Waals surface area contributed by atoms with Crippen LogP contribution in [0, 0.1) is 11.8 Å². The third-order valence-electron chi connectivity index (χ3n) is 6.65. The van der Waals surface area contributed by atoms with Crippen molar-refractivity contribution in [2.24, 2.45) is 11.8 Å². The van der Waals surface area contributed by atoms with Crippen LogP contribution in [0.25, 0.3) is 10.8 Å². The van der Waals surface area contributed by atoms with Gasteiger partial charge in [0.2, 0.25) is 5.91 Å². The number of ether oxygens (including phenoxy) is 2. The molecule has 3 heterocycles. The summed E-state index contributed by atoms with van der Waals surface area (Å²) < 4.78 is 11.8. The Labute approximate surface area is 179 Å². The van der Waals surface area contributed by atoms with Gasteiger partial charge in [-0.15, -0.1) is 0 Å². The molecule has 4 atom stereocenters. The lowest BCUT2D eigenvalue weighted by molar-refractivity contribution is -0.153. The van der Waals surface area contributed by atoms with Crippen molar-refractivity contribution < 1.29 is 19.1 Å². The van der Waals surface area contributed by atoms with Crippen LogP contribution in [-0.4, -0.2) is 30.1 Å². The molecule has 3 aromatic carbocycles. The van der Waals surface area contributed by atoms with Crippen LogP contribution >= 0.6 is 0 Å². The Morgan fingerprint density at radius 1 is 1.03 bits per heavy atom. The molecule has 0 aromatic heterocycles. The number of esters is 1. The highest BCUT2D eigenvalue weighted by atomic mass is 16.6. The zero-order valence-corrected chi connectivity index (χ0v) is 16.8. The van der Waals surface area contributed by atoms with Gasteiger partial charge in [0, 0.05) is 5.39 Å².